The van der Waals surface area contributed by atoms with Crippen molar-refractivity contribution in [2.24, 2.45) is 0 Å². The van der Waals surface area contributed by atoms with Gasteiger partial charge in [0.15, 0.2) is 37.7 Å². The topological polar surface area (TPSA) is 486 Å². The van der Waals surface area contributed by atoms with Crippen molar-refractivity contribution >= 4 is 0 Å². The number of ether oxygens (including phenoxy) is 11. The van der Waals surface area contributed by atoms with Gasteiger partial charge < -0.3 is 149 Å². The van der Waals surface area contributed by atoms with E-state index in [4.69, 9.17) is 52.1 Å². The van der Waals surface area contributed by atoms with Gasteiger partial charge in [0.25, 0.3) is 0 Å². The quantitative estimate of drug-likeness (QED) is 0.0683. The van der Waals surface area contributed by atoms with Crippen LogP contribution < -0.4 is 0 Å². The minimum Gasteiger partial charge on any atom is -0.394 e. The second-order valence-corrected chi connectivity index (χ2v) is 16.7. The van der Waals surface area contributed by atoms with Gasteiger partial charge in [0, 0.05) is 6.42 Å². The molecule has 19 N–H and O–H groups in total. The van der Waals surface area contributed by atoms with E-state index in [1.165, 1.54) is 0 Å². The summed E-state index contributed by atoms with van der Waals surface area (Å²) in [7, 11) is 0. The van der Waals surface area contributed by atoms with E-state index in [2.05, 4.69) is 0 Å². The van der Waals surface area contributed by atoms with Crippen LogP contribution in [0, 0.1) is 0 Å². The van der Waals surface area contributed by atoms with Crippen LogP contribution >= 0.6 is 0 Å². The van der Waals surface area contributed by atoms with Crippen LogP contribution in [0.3, 0.4) is 0 Å². The molecule has 66 heavy (non-hydrogen) atoms. The van der Waals surface area contributed by atoms with Crippen molar-refractivity contribution < 1.29 is 149 Å². The molecule has 386 valence electrons. The van der Waals surface area contributed by atoms with E-state index in [1.54, 1.807) is 0 Å². The van der Waals surface area contributed by atoms with E-state index in [-0.39, 0.29) is 6.42 Å². The van der Waals surface area contributed by atoms with Gasteiger partial charge in [-0.1, -0.05) is 0 Å². The molecule has 6 saturated heterocycles. The lowest BCUT2D eigenvalue weighted by Crippen LogP contribution is -2.68. The van der Waals surface area contributed by atoms with Crippen LogP contribution in [0.4, 0.5) is 0 Å². The van der Waals surface area contributed by atoms with Crippen molar-refractivity contribution in [3.8, 4) is 0 Å². The second kappa shape index (κ2) is 23.4. The van der Waals surface area contributed by atoms with E-state index in [0.717, 1.165) is 0 Å². The van der Waals surface area contributed by atoms with Crippen LogP contribution in [-0.2, 0) is 52.1 Å². The summed E-state index contributed by atoms with van der Waals surface area (Å²) < 4.78 is 60.9. The Kier molecular flexibility index (Phi) is 19.2. The third kappa shape index (κ3) is 11.1. The van der Waals surface area contributed by atoms with E-state index >= 15 is 0 Å². The summed E-state index contributed by atoms with van der Waals surface area (Å²) in [5, 5.41) is 201. The van der Waals surface area contributed by atoms with Gasteiger partial charge in [0.1, 0.15) is 128 Å². The van der Waals surface area contributed by atoms with Crippen LogP contribution in [0.2, 0.25) is 0 Å². The Balaban J connectivity index is 1.18. The van der Waals surface area contributed by atoms with Gasteiger partial charge in [-0.25, -0.2) is 0 Å². The van der Waals surface area contributed by atoms with Crippen molar-refractivity contribution in [2.45, 2.75) is 185 Å². The number of rotatable bonds is 16. The van der Waals surface area contributed by atoms with Crippen molar-refractivity contribution in [1.82, 2.24) is 0 Å². The van der Waals surface area contributed by atoms with E-state index in [0.29, 0.717) is 0 Å². The highest BCUT2D eigenvalue weighted by atomic mass is 16.8. The second-order valence-electron chi connectivity index (χ2n) is 16.7. The monoisotopic (exact) mass is 974 g/mol. The maximum atomic E-state index is 11.5. The minimum atomic E-state index is -2.23. The van der Waals surface area contributed by atoms with Crippen molar-refractivity contribution in [3.63, 3.8) is 0 Å². The number of hydrogen-bond donors (Lipinski definition) is 19. The molecule has 30 nitrogen and oxygen atoms in total. The van der Waals surface area contributed by atoms with Gasteiger partial charge >= 0.3 is 0 Å². The van der Waals surface area contributed by atoms with Crippen LogP contribution in [0.25, 0.3) is 0 Å². The zero-order valence-electron chi connectivity index (χ0n) is 34.7. The molecule has 0 radical (unpaired) electrons. The van der Waals surface area contributed by atoms with Crippen LogP contribution in [-0.4, -0.2) is 315 Å². The highest BCUT2D eigenvalue weighted by Gasteiger charge is 2.57. The van der Waals surface area contributed by atoms with E-state index in [1.807, 2.05) is 0 Å². The Hall–Kier alpha value is -1.20. The minimum absolute atomic E-state index is 0.227. The summed E-state index contributed by atoms with van der Waals surface area (Å²) in [5.41, 5.74) is 0. The Morgan fingerprint density at radius 2 is 0.576 bits per heavy atom. The summed E-state index contributed by atoms with van der Waals surface area (Å²) in [5.74, 6) is 0. The Morgan fingerprint density at radius 1 is 0.288 bits per heavy atom. The van der Waals surface area contributed by atoms with Gasteiger partial charge in [-0.3, -0.25) is 0 Å². The summed E-state index contributed by atoms with van der Waals surface area (Å²) in [6.45, 7) is -5.40. The Labute approximate surface area is 373 Å². The molecule has 0 saturated carbocycles. The molecule has 6 fully saturated rings. The molecule has 0 aromatic heterocycles. The molecule has 0 bridgehead atoms. The molecule has 6 heterocycles. The molecular weight excluding hydrogens is 912 g/mol. The summed E-state index contributed by atoms with van der Waals surface area (Å²) >= 11 is 0. The smallest absolute Gasteiger partial charge is 0.187 e. The molecule has 0 aromatic rings. The average molecular weight is 975 g/mol. The lowest BCUT2D eigenvalue weighted by atomic mass is 9.95. The summed E-state index contributed by atoms with van der Waals surface area (Å²) in [6.07, 6.45) is -54.5. The van der Waals surface area contributed by atoms with Crippen LogP contribution in [0.15, 0.2) is 0 Å². The first kappa shape index (κ1) is 54.1. The molecule has 6 aliphatic heterocycles. The lowest BCUT2D eigenvalue weighted by molar-refractivity contribution is -0.397. The van der Waals surface area contributed by atoms with Gasteiger partial charge in [0.05, 0.1) is 51.8 Å². The number of hydrogen-bond acceptors (Lipinski definition) is 30. The highest BCUT2D eigenvalue weighted by molar-refractivity contribution is 4.99. The van der Waals surface area contributed by atoms with Crippen molar-refractivity contribution in [1.29, 1.82) is 0 Å². The van der Waals surface area contributed by atoms with Crippen molar-refractivity contribution in [3.05, 3.63) is 0 Å². The fourth-order valence-electron chi connectivity index (χ4n) is 8.45. The first-order valence-corrected chi connectivity index (χ1v) is 21.0. The van der Waals surface area contributed by atoms with Gasteiger partial charge in [-0.05, 0) is 0 Å². The molecule has 0 spiro atoms. The zero-order valence-corrected chi connectivity index (χ0v) is 34.7. The fourth-order valence-corrected chi connectivity index (χ4v) is 8.45. The molecule has 0 aliphatic carbocycles. The molecule has 30 heteroatoms. The maximum absolute atomic E-state index is 11.5. The third-order valence-electron chi connectivity index (χ3n) is 12.3. The predicted octanol–water partition coefficient (Wildman–Crippen LogP) is -13.1. The molecule has 29 atom stereocenters. The average Bonchev–Trinajstić information content (AvgIpc) is 3.30. The first-order valence-electron chi connectivity index (χ1n) is 21.0. The standard InChI is InChI=1S/C36H62O30/c37-2-8-1-9(20(48)31(55)56-8)57-33-23(51)27(16(44)11(4-39)59-33)64-35-25(53)29(18(46)13(6-41)61-35)66-36-26(54)30(19(47)14(7-42)62-36)65-34-24(52)28(17(45)12(5-40)60-34)63-32-22(50)21(49)15(43)10(3-38)58-32/h8-55H,1-7H2/t8-,9-,10+,11+,12+,13+,14+,15+,16+,17+,18+,19+,20-,21-,22+,23+,24+,25+,26+,27-,28-,29-,30-,31-,32-,33+,34-,35-,36-/m0/s1. The predicted molar refractivity (Wildman–Crippen MR) is 198 cm³/mol. The third-order valence-corrected chi connectivity index (χ3v) is 12.3. The lowest BCUT2D eigenvalue weighted by Gasteiger charge is -2.50. The molecule has 6 rings (SSSR count). The number of aliphatic hydroxyl groups is 19. The molecule has 6 aliphatic rings. The Bertz CT molecular complexity index is 1470. The van der Waals surface area contributed by atoms with Gasteiger partial charge in [0.2, 0.25) is 0 Å². The first-order chi connectivity index (χ1) is 31.3. The Morgan fingerprint density at radius 3 is 0.879 bits per heavy atom. The summed E-state index contributed by atoms with van der Waals surface area (Å²) in [4.78, 5) is 0. The molecule has 0 amide bonds. The number of aliphatic hydroxyl groups excluding tert-OH is 19. The van der Waals surface area contributed by atoms with Crippen LogP contribution in [0.1, 0.15) is 6.42 Å². The zero-order chi connectivity index (χ0) is 48.5. The van der Waals surface area contributed by atoms with Crippen LogP contribution in [0.5, 0.6) is 0 Å². The normalized spacial score (nSPS) is 52.9. The maximum Gasteiger partial charge on any atom is 0.187 e. The SMILES string of the molecule is OC[C@@H]1C[C@H](O[C@@H]2O[C@H](CO)[C@@H](O)[C@H](O[C@@H]3O[C@H](CO)[C@@H](O)[C@H](O[C@@H]4O[C@H](CO)[C@@H](O)[C@H](O[C@@H]5O[C@H](CO)[C@@H](O)[C@H](O[C@@H]6O[C@H](CO)[C@@H](O)[C@H](O)[C@H]6O)[C@H]5O)[C@H]4O)[C@H]3O)[C@H]2O)[C@H](O)[C@@H](O)O1. The molecule has 0 unspecified atom stereocenters. The highest BCUT2D eigenvalue weighted by Crippen LogP contribution is 2.37. The van der Waals surface area contributed by atoms with Gasteiger partial charge in [-0.15, -0.1) is 0 Å². The summed E-state index contributed by atoms with van der Waals surface area (Å²) in [6, 6.07) is 0. The van der Waals surface area contributed by atoms with E-state index < -0.39 is 218 Å². The molecular formula is C36H62O30. The molecule has 0 aromatic carbocycles. The van der Waals surface area contributed by atoms with Crippen molar-refractivity contribution in [2.75, 3.05) is 39.6 Å². The van der Waals surface area contributed by atoms with Gasteiger partial charge in [-0.2, -0.15) is 0 Å². The van der Waals surface area contributed by atoms with E-state index in [9.17, 15) is 97.0 Å². The largest absolute Gasteiger partial charge is 0.394 e. The fraction of sp³-hybridized carbons (Fsp3) is 1.00.